The lowest BCUT2D eigenvalue weighted by Crippen LogP contribution is -2.01. The van der Waals surface area contributed by atoms with Crippen LogP contribution in [0.2, 0.25) is 0 Å². The first-order valence-corrected chi connectivity index (χ1v) is 6.55. The molecule has 2 aromatic rings. The average molecular weight is 273 g/mol. The minimum absolute atomic E-state index is 0.249. The molecule has 106 valence electrons. The Morgan fingerprint density at radius 3 is 2.65 bits per heavy atom. The quantitative estimate of drug-likeness (QED) is 0.846. The van der Waals surface area contributed by atoms with Crippen molar-refractivity contribution in [1.82, 2.24) is 0 Å². The lowest BCUT2D eigenvalue weighted by atomic mass is 10.2. The Morgan fingerprint density at radius 2 is 1.95 bits per heavy atom. The molecule has 20 heavy (non-hydrogen) atoms. The smallest absolute Gasteiger partial charge is 0.161 e. The first kappa shape index (κ1) is 14.1. The molecular formula is C16H19NO3. The van der Waals surface area contributed by atoms with Crippen molar-refractivity contribution in [2.75, 3.05) is 19.0 Å². The molecule has 0 aliphatic rings. The van der Waals surface area contributed by atoms with Crippen LogP contribution in [0.15, 0.2) is 42.5 Å². The van der Waals surface area contributed by atoms with Gasteiger partial charge in [0, 0.05) is 18.3 Å². The Morgan fingerprint density at radius 1 is 1.10 bits per heavy atom. The highest BCUT2D eigenvalue weighted by Gasteiger charge is 2.05. The fraction of sp³-hybridized carbons (Fsp3) is 0.250. The van der Waals surface area contributed by atoms with E-state index in [0.29, 0.717) is 13.2 Å². The van der Waals surface area contributed by atoms with Crippen LogP contribution in [-0.2, 0) is 6.54 Å². The lowest BCUT2D eigenvalue weighted by molar-refractivity contribution is 0.310. The van der Waals surface area contributed by atoms with Crippen molar-refractivity contribution in [1.29, 1.82) is 0 Å². The van der Waals surface area contributed by atoms with Crippen molar-refractivity contribution in [3.63, 3.8) is 0 Å². The molecule has 4 nitrogen and oxygen atoms in total. The van der Waals surface area contributed by atoms with E-state index in [1.54, 1.807) is 25.3 Å². The molecule has 0 fully saturated rings. The maximum atomic E-state index is 9.41. The Kier molecular flexibility index (Phi) is 4.71. The van der Waals surface area contributed by atoms with Crippen molar-refractivity contribution in [2.24, 2.45) is 0 Å². The summed E-state index contributed by atoms with van der Waals surface area (Å²) >= 11 is 0. The lowest BCUT2D eigenvalue weighted by Gasteiger charge is -2.12. The highest BCUT2D eigenvalue weighted by Crippen LogP contribution is 2.28. The first-order valence-electron chi connectivity index (χ1n) is 6.55. The van der Waals surface area contributed by atoms with Crippen LogP contribution in [0.1, 0.15) is 12.5 Å². The van der Waals surface area contributed by atoms with E-state index >= 15 is 0 Å². The number of phenols is 1. The van der Waals surface area contributed by atoms with Gasteiger partial charge in [0.15, 0.2) is 11.5 Å². The molecule has 0 heterocycles. The molecule has 4 heteroatoms. The van der Waals surface area contributed by atoms with Gasteiger partial charge in [0.25, 0.3) is 0 Å². The van der Waals surface area contributed by atoms with Gasteiger partial charge in [0.2, 0.25) is 0 Å². The van der Waals surface area contributed by atoms with Gasteiger partial charge in [-0.2, -0.15) is 0 Å². The largest absolute Gasteiger partial charge is 0.508 e. The molecule has 0 radical (unpaired) electrons. The zero-order chi connectivity index (χ0) is 14.4. The summed E-state index contributed by atoms with van der Waals surface area (Å²) in [5.74, 6) is 1.72. The molecule has 2 N–H and O–H groups in total. The van der Waals surface area contributed by atoms with E-state index in [0.717, 1.165) is 22.7 Å². The normalized spacial score (nSPS) is 10.1. The van der Waals surface area contributed by atoms with E-state index in [-0.39, 0.29) is 5.75 Å². The summed E-state index contributed by atoms with van der Waals surface area (Å²) in [5.41, 5.74) is 1.95. The zero-order valence-corrected chi connectivity index (χ0v) is 11.7. The van der Waals surface area contributed by atoms with Crippen LogP contribution in [0.5, 0.6) is 17.2 Å². The summed E-state index contributed by atoms with van der Waals surface area (Å²) in [5, 5.41) is 12.7. The second-order valence-corrected chi connectivity index (χ2v) is 4.32. The molecule has 0 spiro atoms. The van der Waals surface area contributed by atoms with Crippen LogP contribution in [0.25, 0.3) is 0 Å². The number of rotatable bonds is 6. The Bertz CT molecular complexity index is 569. The van der Waals surface area contributed by atoms with Gasteiger partial charge in [-0.15, -0.1) is 0 Å². The van der Waals surface area contributed by atoms with E-state index in [9.17, 15) is 5.11 Å². The molecule has 0 aliphatic heterocycles. The number of methoxy groups -OCH3 is 1. The van der Waals surface area contributed by atoms with Crippen molar-refractivity contribution in [3.05, 3.63) is 48.0 Å². The number of hydrogen-bond donors (Lipinski definition) is 2. The number of anilines is 1. The number of benzene rings is 2. The summed E-state index contributed by atoms with van der Waals surface area (Å²) < 4.78 is 10.8. The van der Waals surface area contributed by atoms with Crippen molar-refractivity contribution < 1.29 is 14.6 Å². The van der Waals surface area contributed by atoms with Gasteiger partial charge >= 0.3 is 0 Å². The fourth-order valence-electron chi connectivity index (χ4n) is 1.92. The molecule has 0 saturated carbocycles. The molecule has 0 aromatic heterocycles. The molecule has 0 amide bonds. The maximum Gasteiger partial charge on any atom is 0.161 e. The number of hydrogen-bond acceptors (Lipinski definition) is 4. The van der Waals surface area contributed by atoms with E-state index in [2.05, 4.69) is 5.32 Å². The SMILES string of the molecule is CCOc1ccc(CNc2cccc(O)c2)cc1OC. The van der Waals surface area contributed by atoms with Crippen LogP contribution >= 0.6 is 0 Å². The van der Waals surface area contributed by atoms with Crippen LogP contribution < -0.4 is 14.8 Å². The summed E-state index contributed by atoms with van der Waals surface area (Å²) in [6, 6.07) is 12.9. The molecular weight excluding hydrogens is 254 g/mol. The topological polar surface area (TPSA) is 50.7 Å². The molecule has 0 unspecified atom stereocenters. The standard InChI is InChI=1S/C16H19NO3/c1-3-20-15-8-7-12(9-16(15)19-2)11-17-13-5-4-6-14(18)10-13/h4-10,17-18H,3,11H2,1-2H3. The fourth-order valence-corrected chi connectivity index (χ4v) is 1.92. The minimum atomic E-state index is 0.249. The van der Waals surface area contributed by atoms with Gasteiger partial charge in [0.05, 0.1) is 13.7 Å². The van der Waals surface area contributed by atoms with Crippen molar-refractivity contribution >= 4 is 5.69 Å². The van der Waals surface area contributed by atoms with Crippen molar-refractivity contribution in [3.8, 4) is 17.2 Å². The third-order valence-corrected chi connectivity index (χ3v) is 2.87. The number of ether oxygens (including phenoxy) is 2. The van der Waals surface area contributed by atoms with Gasteiger partial charge in [-0.3, -0.25) is 0 Å². The maximum absolute atomic E-state index is 9.41. The molecule has 0 bridgehead atoms. The Balaban J connectivity index is 2.06. The van der Waals surface area contributed by atoms with Gasteiger partial charge in [-0.25, -0.2) is 0 Å². The van der Waals surface area contributed by atoms with Crippen LogP contribution in [0.3, 0.4) is 0 Å². The summed E-state index contributed by atoms with van der Waals surface area (Å²) in [4.78, 5) is 0. The monoisotopic (exact) mass is 273 g/mol. The number of aromatic hydroxyl groups is 1. The van der Waals surface area contributed by atoms with Crippen molar-refractivity contribution in [2.45, 2.75) is 13.5 Å². The Labute approximate surface area is 119 Å². The summed E-state index contributed by atoms with van der Waals surface area (Å²) in [6.45, 7) is 3.19. The molecule has 2 rings (SSSR count). The predicted octanol–water partition coefficient (Wildman–Crippen LogP) is 3.41. The molecule has 0 saturated heterocycles. The van der Waals surface area contributed by atoms with Gasteiger partial charge in [0.1, 0.15) is 5.75 Å². The van der Waals surface area contributed by atoms with Gasteiger partial charge < -0.3 is 19.9 Å². The van der Waals surface area contributed by atoms with E-state index in [4.69, 9.17) is 9.47 Å². The summed E-state index contributed by atoms with van der Waals surface area (Å²) in [7, 11) is 1.63. The molecule has 0 aliphatic carbocycles. The summed E-state index contributed by atoms with van der Waals surface area (Å²) in [6.07, 6.45) is 0. The van der Waals surface area contributed by atoms with Gasteiger partial charge in [-0.05, 0) is 36.8 Å². The van der Waals surface area contributed by atoms with E-state index in [1.807, 2.05) is 31.2 Å². The molecule has 0 atom stereocenters. The van der Waals surface area contributed by atoms with Crippen LogP contribution in [-0.4, -0.2) is 18.8 Å². The highest BCUT2D eigenvalue weighted by atomic mass is 16.5. The van der Waals surface area contributed by atoms with Crippen LogP contribution in [0, 0.1) is 0 Å². The van der Waals surface area contributed by atoms with E-state index < -0.39 is 0 Å². The second-order valence-electron chi connectivity index (χ2n) is 4.32. The van der Waals surface area contributed by atoms with Gasteiger partial charge in [-0.1, -0.05) is 12.1 Å². The second kappa shape index (κ2) is 6.70. The number of phenolic OH excluding ortho intramolecular Hbond substituents is 1. The minimum Gasteiger partial charge on any atom is -0.508 e. The number of nitrogens with one attached hydrogen (secondary N) is 1. The third-order valence-electron chi connectivity index (χ3n) is 2.87. The van der Waals surface area contributed by atoms with Crippen LogP contribution in [0.4, 0.5) is 5.69 Å². The predicted molar refractivity (Wildman–Crippen MR) is 79.6 cm³/mol. The highest BCUT2D eigenvalue weighted by molar-refractivity contribution is 5.49. The first-order chi connectivity index (χ1) is 9.72. The zero-order valence-electron chi connectivity index (χ0n) is 11.7. The van der Waals surface area contributed by atoms with E-state index in [1.165, 1.54) is 0 Å². The average Bonchev–Trinajstić information content (AvgIpc) is 2.46. The Hall–Kier alpha value is -2.36. The third kappa shape index (κ3) is 3.57. The molecule has 2 aromatic carbocycles.